The van der Waals surface area contributed by atoms with Gasteiger partial charge in [-0.25, -0.2) is 9.13 Å². The number of hydrogen-bond acceptors (Lipinski definition) is 15. The van der Waals surface area contributed by atoms with E-state index in [1.54, 1.807) is 30.3 Å². The van der Waals surface area contributed by atoms with Crippen LogP contribution < -0.4 is 0 Å². The predicted molar refractivity (Wildman–Crippen MR) is 254 cm³/mol. The van der Waals surface area contributed by atoms with Crippen molar-refractivity contribution in [3.63, 3.8) is 0 Å². The fourth-order valence-corrected chi connectivity index (χ4v) is 8.01. The topological polar surface area (TPSA) is 226 Å². The third-order valence-electron chi connectivity index (χ3n) is 10.4. The monoisotopic (exact) mass is 995 g/mol. The Balaban J connectivity index is 2.97. The van der Waals surface area contributed by atoms with E-state index in [1.807, 2.05) is 0 Å². The molecule has 2 N–H and O–H groups in total. The summed E-state index contributed by atoms with van der Waals surface area (Å²) in [6.07, 6.45) is 15.1. The Morgan fingerprint density at radius 1 is 0.433 bits per heavy atom. The Morgan fingerprint density at radius 3 is 1.09 bits per heavy atom. The number of carbonyl (C=O) groups is 4. The van der Waals surface area contributed by atoms with E-state index in [9.17, 15) is 38.1 Å². The lowest BCUT2D eigenvalue weighted by molar-refractivity contribution is -0.161. The number of esters is 4. The molecule has 19 heteroatoms. The molecule has 0 radical (unpaired) electrons. The molecule has 388 valence electrons. The molecular formula is C48H84O17P2. The van der Waals surface area contributed by atoms with Gasteiger partial charge in [0.25, 0.3) is 0 Å². The van der Waals surface area contributed by atoms with Crippen LogP contribution in [0.15, 0.2) is 30.3 Å². The number of rotatable bonds is 45. The van der Waals surface area contributed by atoms with Crippen LogP contribution in [0.5, 0.6) is 0 Å². The van der Waals surface area contributed by atoms with Gasteiger partial charge < -0.3 is 33.5 Å². The van der Waals surface area contributed by atoms with Crippen molar-refractivity contribution in [1.29, 1.82) is 0 Å². The first-order valence-electron chi connectivity index (χ1n) is 24.8. The summed E-state index contributed by atoms with van der Waals surface area (Å²) in [6, 6.07) is 8.86. The molecule has 0 bridgehead atoms. The fourth-order valence-electron chi connectivity index (χ4n) is 6.45. The minimum Gasteiger partial charge on any atom is -0.462 e. The zero-order chi connectivity index (χ0) is 49.4. The van der Waals surface area contributed by atoms with Crippen LogP contribution in [0.25, 0.3) is 0 Å². The van der Waals surface area contributed by atoms with E-state index in [1.165, 1.54) is 0 Å². The van der Waals surface area contributed by atoms with Crippen molar-refractivity contribution in [1.82, 2.24) is 0 Å². The average molecular weight is 995 g/mol. The highest BCUT2D eigenvalue weighted by Gasteiger charge is 2.31. The van der Waals surface area contributed by atoms with Gasteiger partial charge in [-0.15, -0.1) is 0 Å². The molecule has 0 aliphatic rings. The molecule has 1 aromatic rings. The molecule has 0 aliphatic carbocycles. The fraction of sp³-hybridized carbons (Fsp3) is 0.792. The van der Waals surface area contributed by atoms with Crippen LogP contribution in [0, 0.1) is 0 Å². The number of carbonyl (C=O) groups excluding carboxylic acids is 4. The van der Waals surface area contributed by atoms with Crippen LogP contribution in [-0.2, 0) is 76.7 Å². The number of hydrogen-bond donors (Lipinski definition) is 2. The van der Waals surface area contributed by atoms with Gasteiger partial charge in [-0.2, -0.15) is 0 Å². The number of benzene rings is 1. The normalized spacial score (nSPS) is 14.6. The summed E-state index contributed by atoms with van der Waals surface area (Å²) in [5, 5.41) is 0. The largest absolute Gasteiger partial charge is 0.472 e. The molecule has 67 heavy (non-hydrogen) atoms. The third-order valence-corrected chi connectivity index (χ3v) is 12.3. The van der Waals surface area contributed by atoms with Gasteiger partial charge in [0.15, 0.2) is 12.2 Å². The smallest absolute Gasteiger partial charge is 0.462 e. The molecule has 0 aromatic heterocycles. The summed E-state index contributed by atoms with van der Waals surface area (Å²) < 4.78 is 74.7. The first-order chi connectivity index (χ1) is 32.2. The molecule has 0 amide bonds. The van der Waals surface area contributed by atoms with E-state index in [4.69, 9.17) is 41.8 Å². The summed E-state index contributed by atoms with van der Waals surface area (Å²) in [5.74, 6) is -2.15. The zero-order valence-electron chi connectivity index (χ0n) is 41.0. The Bertz CT molecular complexity index is 1440. The number of ether oxygens (including phenoxy) is 5. The highest BCUT2D eigenvalue weighted by Crippen LogP contribution is 2.45. The maximum Gasteiger partial charge on any atom is 0.472 e. The summed E-state index contributed by atoms with van der Waals surface area (Å²) >= 11 is 0. The highest BCUT2D eigenvalue weighted by atomic mass is 31.2. The van der Waals surface area contributed by atoms with Crippen LogP contribution in [0.4, 0.5) is 0 Å². The lowest BCUT2D eigenvalue weighted by atomic mass is 10.1. The molecule has 0 fully saturated rings. The van der Waals surface area contributed by atoms with Crippen molar-refractivity contribution in [2.75, 3.05) is 39.6 Å². The second kappa shape index (κ2) is 40.1. The quantitative estimate of drug-likeness (QED) is 0.0268. The van der Waals surface area contributed by atoms with Crippen LogP contribution >= 0.6 is 15.6 Å². The molecule has 0 heterocycles. The minimum atomic E-state index is -4.92. The van der Waals surface area contributed by atoms with Crippen LogP contribution in [0.1, 0.15) is 187 Å². The molecular weight excluding hydrogens is 910 g/mol. The predicted octanol–water partition coefficient (Wildman–Crippen LogP) is 11.2. The number of phosphoric ester groups is 2. The number of phosphoric acid groups is 2. The third kappa shape index (κ3) is 36.9. The van der Waals surface area contributed by atoms with E-state index in [0.717, 1.165) is 103 Å². The maximum absolute atomic E-state index is 13.2. The molecule has 0 aliphatic heterocycles. The van der Waals surface area contributed by atoms with E-state index in [-0.39, 0.29) is 32.3 Å². The van der Waals surface area contributed by atoms with Gasteiger partial charge in [0.2, 0.25) is 0 Å². The molecule has 0 saturated heterocycles. The van der Waals surface area contributed by atoms with Gasteiger partial charge >= 0.3 is 39.5 Å². The standard InChI is InChI=1S/C48H84O17P2/c1-5-9-13-17-24-30-45(49)58-35-43(64-47(51)32-26-19-15-11-7-3)39-62-66(53,54)60-37-42(57-34-41-28-22-21-23-29-41)38-61-67(55,56)63-40-44(65-48(52)33-27-20-16-12-8-4)36-59-46(50)31-25-18-14-10-6-2/h21-23,28-29,42-44H,5-20,24-27,30-40H2,1-4H3,(H,53,54)(H,55,56)/t43-,44-/m1/s1. The Labute approximate surface area is 400 Å². The van der Waals surface area contributed by atoms with E-state index < -0.39 is 97.5 Å². The van der Waals surface area contributed by atoms with Crippen molar-refractivity contribution in [2.45, 2.75) is 207 Å². The molecule has 0 saturated carbocycles. The van der Waals surface area contributed by atoms with Crippen molar-refractivity contribution >= 4 is 39.5 Å². The van der Waals surface area contributed by atoms with Gasteiger partial charge in [-0.1, -0.05) is 161 Å². The molecule has 2 unspecified atom stereocenters. The summed E-state index contributed by atoms with van der Waals surface area (Å²) in [4.78, 5) is 71.7. The SMILES string of the molecule is CCCCCCCC(=O)OC[C@H](COP(=O)(O)OCC(COP(=O)(O)OC[C@@H](COC(=O)CCCCCCC)OC(=O)CCCCCCC)OCc1ccccc1)OC(=O)CCCCCCC. The van der Waals surface area contributed by atoms with Gasteiger partial charge in [0, 0.05) is 25.7 Å². The second-order valence-electron chi connectivity index (χ2n) is 16.8. The van der Waals surface area contributed by atoms with E-state index >= 15 is 0 Å². The second-order valence-corrected chi connectivity index (χ2v) is 19.7. The molecule has 1 aromatic carbocycles. The van der Waals surface area contributed by atoms with Gasteiger partial charge in [0.05, 0.1) is 33.0 Å². The highest BCUT2D eigenvalue weighted by molar-refractivity contribution is 7.47. The van der Waals surface area contributed by atoms with Gasteiger partial charge in [0.1, 0.15) is 19.3 Å². The average Bonchev–Trinajstić information content (AvgIpc) is 3.30. The van der Waals surface area contributed by atoms with Gasteiger partial charge in [-0.05, 0) is 31.2 Å². The Morgan fingerprint density at radius 2 is 0.746 bits per heavy atom. The van der Waals surface area contributed by atoms with Crippen LogP contribution in [-0.4, -0.2) is 91.6 Å². The first kappa shape index (κ1) is 62.3. The first-order valence-corrected chi connectivity index (χ1v) is 27.8. The van der Waals surface area contributed by atoms with Crippen molar-refractivity contribution in [2.24, 2.45) is 0 Å². The zero-order valence-corrected chi connectivity index (χ0v) is 42.7. The minimum absolute atomic E-state index is 0.0493. The number of unbranched alkanes of at least 4 members (excludes halogenated alkanes) is 16. The lowest BCUT2D eigenvalue weighted by Crippen LogP contribution is -2.30. The Hall–Kier alpha value is -2.72. The van der Waals surface area contributed by atoms with Crippen LogP contribution in [0.2, 0.25) is 0 Å². The van der Waals surface area contributed by atoms with Crippen molar-refractivity contribution < 1.29 is 79.9 Å². The van der Waals surface area contributed by atoms with Gasteiger partial charge in [-0.3, -0.25) is 37.3 Å². The summed E-state index contributed by atoms with van der Waals surface area (Å²) in [6.45, 7) is 4.84. The van der Waals surface area contributed by atoms with Crippen molar-refractivity contribution in [3.05, 3.63) is 35.9 Å². The van der Waals surface area contributed by atoms with E-state index in [2.05, 4.69) is 27.7 Å². The summed E-state index contributed by atoms with van der Waals surface area (Å²) in [5.41, 5.74) is 0.704. The molecule has 4 atom stereocenters. The Kier molecular flexibility index (Phi) is 37.2. The van der Waals surface area contributed by atoms with Crippen molar-refractivity contribution in [3.8, 4) is 0 Å². The molecule has 0 spiro atoms. The summed E-state index contributed by atoms with van der Waals surface area (Å²) in [7, 11) is -9.83. The maximum atomic E-state index is 13.2. The van der Waals surface area contributed by atoms with Crippen LogP contribution in [0.3, 0.4) is 0 Å². The molecule has 1 rings (SSSR count). The molecule has 17 nitrogen and oxygen atoms in total. The van der Waals surface area contributed by atoms with E-state index in [0.29, 0.717) is 31.2 Å². The lowest BCUT2D eigenvalue weighted by Gasteiger charge is -2.23.